The van der Waals surface area contributed by atoms with E-state index in [2.05, 4.69) is 15.4 Å². The molecule has 0 saturated heterocycles. The van der Waals surface area contributed by atoms with Crippen LogP contribution in [0, 0.1) is 6.92 Å². The van der Waals surface area contributed by atoms with Gasteiger partial charge in [-0.25, -0.2) is 9.67 Å². The van der Waals surface area contributed by atoms with E-state index < -0.39 is 11.7 Å². The van der Waals surface area contributed by atoms with E-state index in [0.29, 0.717) is 17.2 Å². The Hall–Kier alpha value is -3.56. The van der Waals surface area contributed by atoms with Crippen LogP contribution >= 0.6 is 0 Å². The van der Waals surface area contributed by atoms with Crippen LogP contribution in [0.3, 0.4) is 0 Å². The molecule has 1 amide bonds. The molecule has 0 atom stereocenters. The Morgan fingerprint density at radius 2 is 1.87 bits per heavy atom. The van der Waals surface area contributed by atoms with Gasteiger partial charge in [0.2, 0.25) is 0 Å². The van der Waals surface area contributed by atoms with Crippen LogP contribution in [0.5, 0.6) is 11.5 Å². The first kappa shape index (κ1) is 21.2. The molecular weight excluding hydrogens is 401 g/mol. The minimum absolute atomic E-state index is 0.180. The first-order valence-electron chi connectivity index (χ1n) is 8.93. The van der Waals surface area contributed by atoms with Crippen molar-refractivity contribution in [1.29, 1.82) is 0 Å². The van der Waals surface area contributed by atoms with Crippen LogP contribution in [-0.2, 0) is 6.18 Å². The first-order chi connectivity index (χ1) is 14.3. The summed E-state index contributed by atoms with van der Waals surface area (Å²) < 4.78 is 50.1. The number of para-hydroxylation sites is 2. The van der Waals surface area contributed by atoms with Gasteiger partial charge in [0.05, 0.1) is 36.7 Å². The summed E-state index contributed by atoms with van der Waals surface area (Å²) in [5.74, 6) is 0.949. The first-order valence-corrected chi connectivity index (χ1v) is 8.93. The fourth-order valence-corrected chi connectivity index (χ4v) is 2.70. The number of carbonyl (C=O) groups excluding carboxylic acids is 1. The van der Waals surface area contributed by atoms with Crippen molar-refractivity contribution in [3.05, 3.63) is 65.6 Å². The van der Waals surface area contributed by atoms with Crippen LogP contribution in [-0.4, -0.2) is 40.9 Å². The van der Waals surface area contributed by atoms with Crippen LogP contribution in [0.2, 0.25) is 0 Å². The van der Waals surface area contributed by atoms with Gasteiger partial charge in [-0.3, -0.25) is 4.79 Å². The molecular formula is C20H19F3N4O3. The molecule has 1 aromatic carbocycles. The second-order valence-corrected chi connectivity index (χ2v) is 6.21. The van der Waals surface area contributed by atoms with Crippen molar-refractivity contribution in [3.8, 4) is 17.3 Å². The third-order valence-electron chi connectivity index (χ3n) is 4.26. The Labute approximate surface area is 170 Å². The smallest absolute Gasteiger partial charge is 0.417 e. The molecule has 0 aliphatic heterocycles. The summed E-state index contributed by atoms with van der Waals surface area (Å²) >= 11 is 0. The summed E-state index contributed by atoms with van der Waals surface area (Å²) in [7, 11) is 1.54. The normalized spacial score (nSPS) is 11.2. The minimum Gasteiger partial charge on any atom is -0.493 e. The van der Waals surface area contributed by atoms with Crippen molar-refractivity contribution in [3.63, 3.8) is 0 Å². The number of alkyl halides is 3. The highest BCUT2D eigenvalue weighted by molar-refractivity contribution is 5.95. The van der Waals surface area contributed by atoms with Gasteiger partial charge >= 0.3 is 6.18 Å². The number of pyridine rings is 1. The average molecular weight is 420 g/mol. The number of nitrogens with zero attached hydrogens (tertiary/aromatic N) is 3. The summed E-state index contributed by atoms with van der Waals surface area (Å²) in [6.07, 6.45) is -2.40. The average Bonchev–Trinajstić information content (AvgIpc) is 3.12. The van der Waals surface area contributed by atoms with Gasteiger partial charge in [0.25, 0.3) is 5.91 Å². The summed E-state index contributed by atoms with van der Waals surface area (Å²) in [4.78, 5) is 16.2. The number of methoxy groups -OCH3 is 1. The highest BCUT2D eigenvalue weighted by atomic mass is 19.4. The van der Waals surface area contributed by atoms with Crippen molar-refractivity contribution in [2.24, 2.45) is 0 Å². The molecule has 10 heteroatoms. The van der Waals surface area contributed by atoms with Gasteiger partial charge in [-0.1, -0.05) is 12.1 Å². The zero-order valence-corrected chi connectivity index (χ0v) is 16.2. The number of halogens is 3. The van der Waals surface area contributed by atoms with E-state index >= 15 is 0 Å². The third kappa shape index (κ3) is 4.70. The molecule has 0 fully saturated rings. The molecule has 0 bridgehead atoms. The Bertz CT molecular complexity index is 1020. The van der Waals surface area contributed by atoms with Crippen LogP contribution in [0.15, 0.2) is 48.8 Å². The van der Waals surface area contributed by atoms with Gasteiger partial charge in [-0.15, -0.1) is 0 Å². The molecule has 0 radical (unpaired) electrons. The highest BCUT2D eigenvalue weighted by Crippen LogP contribution is 2.29. The molecule has 3 aromatic rings. The Morgan fingerprint density at radius 1 is 1.13 bits per heavy atom. The van der Waals surface area contributed by atoms with E-state index in [9.17, 15) is 18.0 Å². The van der Waals surface area contributed by atoms with Gasteiger partial charge in [0, 0.05) is 6.20 Å². The zero-order chi connectivity index (χ0) is 21.7. The quantitative estimate of drug-likeness (QED) is 0.593. The number of benzene rings is 1. The van der Waals surface area contributed by atoms with Crippen molar-refractivity contribution in [2.45, 2.75) is 13.1 Å². The van der Waals surface area contributed by atoms with Crippen molar-refractivity contribution in [1.82, 2.24) is 20.1 Å². The second-order valence-electron chi connectivity index (χ2n) is 6.21. The van der Waals surface area contributed by atoms with Gasteiger partial charge < -0.3 is 14.8 Å². The zero-order valence-electron chi connectivity index (χ0n) is 16.2. The fourth-order valence-electron chi connectivity index (χ4n) is 2.70. The number of nitrogens with one attached hydrogen (secondary N) is 1. The fraction of sp³-hybridized carbons (Fsp3) is 0.250. The highest BCUT2D eigenvalue weighted by Gasteiger charge is 2.30. The molecule has 3 rings (SSSR count). The van der Waals surface area contributed by atoms with Crippen LogP contribution in [0.25, 0.3) is 5.82 Å². The van der Waals surface area contributed by atoms with Crippen LogP contribution in [0.1, 0.15) is 21.6 Å². The minimum atomic E-state index is -4.47. The number of rotatable bonds is 7. The number of hydrogen-bond acceptors (Lipinski definition) is 5. The SMILES string of the molecule is COc1ccccc1OCCNC(=O)c1cnn(-c2ccc(C(F)(F)F)cn2)c1C. The Kier molecular flexibility index (Phi) is 6.24. The Balaban J connectivity index is 1.60. The molecule has 2 heterocycles. The van der Waals surface area contributed by atoms with E-state index in [4.69, 9.17) is 9.47 Å². The summed E-state index contributed by atoms with van der Waals surface area (Å²) in [6.45, 7) is 2.09. The lowest BCUT2D eigenvalue weighted by Crippen LogP contribution is -2.28. The molecule has 0 aliphatic carbocycles. The molecule has 0 saturated carbocycles. The van der Waals surface area contributed by atoms with Crippen molar-refractivity contribution < 1.29 is 27.4 Å². The number of amides is 1. The van der Waals surface area contributed by atoms with Crippen LogP contribution < -0.4 is 14.8 Å². The van der Waals surface area contributed by atoms with Crippen molar-refractivity contribution in [2.75, 3.05) is 20.3 Å². The van der Waals surface area contributed by atoms with Gasteiger partial charge in [-0.05, 0) is 31.2 Å². The molecule has 158 valence electrons. The van der Waals surface area contributed by atoms with Gasteiger partial charge in [-0.2, -0.15) is 18.3 Å². The topological polar surface area (TPSA) is 78.3 Å². The lowest BCUT2D eigenvalue weighted by atomic mass is 10.2. The van der Waals surface area contributed by atoms with Crippen LogP contribution in [0.4, 0.5) is 13.2 Å². The monoisotopic (exact) mass is 420 g/mol. The van der Waals surface area contributed by atoms with E-state index in [1.165, 1.54) is 24.1 Å². The number of carbonyl (C=O) groups is 1. The lowest BCUT2D eigenvalue weighted by Gasteiger charge is -2.11. The second kappa shape index (κ2) is 8.85. The van der Waals surface area contributed by atoms with Gasteiger partial charge in [0.15, 0.2) is 17.3 Å². The predicted octanol–water partition coefficient (Wildman–Crippen LogP) is 3.41. The molecule has 0 aliphatic rings. The van der Waals surface area contributed by atoms with E-state index in [1.807, 2.05) is 12.1 Å². The molecule has 0 unspecified atom stereocenters. The standard InChI is InChI=1S/C20H19F3N4O3/c1-13-15(12-26-27(13)18-8-7-14(11-25-18)20(21,22)23)19(28)24-9-10-30-17-6-4-3-5-16(17)29-2/h3-8,11-12H,9-10H2,1-2H3,(H,24,28). The van der Waals surface area contributed by atoms with Gasteiger partial charge in [0.1, 0.15) is 6.61 Å². The number of ether oxygens (including phenoxy) is 2. The van der Waals surface area contributed by atoms with Crippen molar-refractivity contribution >= 4 is 5.91 Å². The molecule has 0 spiro atoms. The third-order valence-corrected chi connectivity index (χ3v) is 4.26. The van der Waals surface area contributed by atoms with E-state index in [0.717, 1.165) is 12.3 Å². The lowest BCUT2D eigenvalue weighted by molar-refractivity contribution is -0.137. The Morgan fingerprint density at radius 3 is 2.50 bits per heavy atom. The maximum absolute atomic E-state index is 12.7. The number of aromatic nitrogens is 3. The maximum Gasteiger partial charge on any atom is 0.417 e. The van der Waals surface area contributed by atoms with E-state index in [1.54, 1.807) is 19.1 Å². The molecule has 30 heavy (non-hydrogen) atoms. The molecule has 1 N–H and O–H groups in total. The molecule has 7 nitrogen and oxygen atoms in total. The number of hydrogen-bond donors (Lipinski definition) is 1. The molecule has 2 aromatic heterocycles. The summed E-state index contributed by atoms with van der Waals surface area (Å²) in [6, 6.07) is 9.26. The summed E-state index contributed by atoms with van der Waals surface area (Å²) in [5.41, 5.74) is -0.122. The summed E-state index contributed by atoms with van der Waals surface area (Å²) in [5, 5.41) is 6.78. The van der Waals surface area contributed by atoms with E-state index in [-0.39, 0.29) is 30.4 Å². The predicted molar refractivity (Wildman–Crippen MR) is 102 cm³/mol. The largest absolute Gasteiger partial charge is 0.493 e. The maximum atomic E-state index is 12.7.